The predicted molar refractivity (Wildman–Crippen MR) is 69.7 cm³/mol. The standard InChI is InChI=1S/C13H15N3O3/c1-10-8-13(19-15-10)9-14-7-6-11-2-4-12(5-3-11)16(17)18/h2-5,8,14H,6-7,9H2,1H3. The van der Waals surface area contributed by atoms with E-state index < -0.39 is 4.92 Å². The molecule has 1 heterocycles. The lowest BCUT2D eigenvalue weighted by Crippen LogP contribution is -2.16. The van der Waals surface area contributed by atoms with Crippen LogP contribution in [0.1, 0.15) is 17.0 Å². The van der Waals surface area contributed by atoms with Crippen LogP contribution >= 0.6 is 0 Å². The maximum Gasteiger partial charge on any atom is 0.269 e. The van der Waals surface area contributed by atoms with Crippen LogP contribution in [0.2, 0.25) is 0 Å². The van der Waals surface area contributed by atoms with Gasteiger partial charge in [0, 0.05) is 18.2 Å². The Hall–Kier alpha value is -2.21. The number of nitro groups is 1. The highest BCUT2D eigenvalue weighted by Crippen LogP contribution is 2.12. The average molecular weight is 261 g/mol. The highest BCUT2D eigenvalue weighted by molar-refractivity contribution is 5.32. The van der Waals surface area contributed by atoms with Gasteiger partial charge in [0.15, 0.2) is 5.76 Å². The summed E-state index contributed by atoms with van der Waals surface area (Å²) in [7, 11) is 0. The molecule has 1 aromatic carbocycles. The van der Waals surface area contributed by atoms with Crippen LogP contribution in [0.4, 0.5) is 5.69 Å². The molecule has 0 amide bonds. The van der Waals surface area contributed by atoms with Crippen LogP contribution < -0.4 is 5.32 Å². The Balaban J connectivity index is 1.75. The van der Waals surface area contributed by atoms with Crippen LogP contribution in [-0.2, 0) is 13.0 Å². The summed E-state index contributed by atoms with van der Waals surface area (Å²) in [4.78, 5) is 10.1. The van der Waals surface area contributed by atoms with E-state index in [0.29, 0.717) is 6.54 Å². The number of non-ortho nitro benzene ring substituents is 1. The fraction of sp³-hybridized carbons (Fsp3) is 0.308. The highest BCUT2D eigenvalue weighted by atomic mass is 16.6. The van der Waals surface area contributed by atoms with Gasteiger partial charge in [-0.1, -0.05) is 17.3 Å². The van der Waals surface area contributed by atoms with E-state index in [2.05, 4.69) is 10.5 Å². The number of hydrogen-bond acceptors (Lipinski definition) is 5. The summed E-state index contributed by atoms with van der Waals surface area (Å²) in [5.41, 5.74) is 2.05. The molecule has 2 aromatic rings. The molecule has 0 saturated carbocycles. The number of rotatable bonds is 6. The molecular weight excluding hydrogens is 246 g/mol. The molecule has 0 aliphatic carbocycles. The van der Waals surface area contributed by atoms with Gasteiger partial charge in [-0.25, -0.2) is 0 Å². The minimum absolute atomic E-state index is 0.119. The molecule has 0 radical (unpaired) electrons. The highest BCUT2D eigenvalue weighted by Gasteiger charge is 2.04. The van der Waals surface area contributed by atoms with Crippen molar-refractivity contribution in [1.82, 2.24) is 10.5 Å². The van der Waals surface area contributed by atoms with E-state index in [1.54, 1.807) is 12.1 Å². The van der Waals surface area contributed by atoms with Crippen molar-refractivity contribution in [2.24, 2.45) is 0 Å². The van der Waals surface area contributed by atoms with E-state index >= 15 is 0 Å². The zero-order valence-corrected chi connectivity index (χ0v) is 10.6. The molecule has 0 fully saturated rings. The van der Waals surface area contributed by atoms with Crippen molar-refractivity contribution in [3.05, 3.63) is 57.5 Å². The molecule has 6 heteroatoms. The van der Waals surface area contributed by atoms with Crippen molar-refractivity contribution in [3.63, 3.8) is 0 Å². The van der Waals surface area contributed by atoms with Gasteiger partial charge in [-0.2, -0.15) is 0 Å². The summed E-state index contributed by atoms with van der Waals surface area (Å²) < 4.78 is 5.07. The number of nitrogens with one attached hydrogen (secondary N) is 1. The van der Waals surface area contributed by atoms with E-state index in [1.165, 1.54) is 12.1 Å². The van der Waals surface area contributed by atoms with Crippen molar-refractivity contribution in [1.29, 1.82) is 0 Å². The summed E-state index contributed by atoms with van der Waals surface area (Å²) in [5.74, 6) is 0.807. The summed E-state index contributed by atoms with van der Waals surface area (Å²) in [6.45, 7) is 3.29. The monoisotopic (exact) mass is 261 g/mol. The second-order valence-electron chi connectivity index (χ2n) is 4.28. The fourth-order valence-electron chi connectivity index (χ4n) is 1.73. The third-order valence-electron chi connectivity index (χ3n) is 2.71. The van der Waals surface area contributed by atoms with Gasteiger partial charge in [0.2, 0.25) is 0 Å². The number of hydrogen-bond donors (Lipinski definition) is 1. The van der Waals surface area contributed by atoms with Crippen molar-refractivity contribution >= 4 is 5.69 Å². The van der Waals surface area contributed by atoms with Gasteiger partial charge >= 0.3 is 0 Å². The molecule has 2 rings (SSSR count). The Morgan fingerprint density at radius 2 is 2.11 bits per heavy atom. The van der Waals surface area contributed by atoms with E-state index in [1.807, 2.05) is 13.0 Å². The molecule has 0 bridgehead atoms. The predicted octanol–water partition coefficient (Wildman–Crippen LogP) is 2.22. The number of nitrogens with zero attached hydrogens (tertiary/aromatic N) is 2. The van der Waals surface area contributed by atoms with E-state index in [9.17, 15) is 10.1 Å². The summed E-state index contributed by atoms with van der Waals surface area (Å²) in [5, 5.41) is 17.5. The zero-order valence-electron chi connectivity index (χ0n) is 10.6. The third-order valence-corrected chi connectivity index (χ3v) is 2.71. The molecule has 1 aromatic heterocycles. The van der Waals surface area contributed by atoms with Crippen molar-refractivity contribution in [3.8, 4) is 0 Å². The molecule has 0 atom stereocenters. The lowest BCUT2D eigenvalue weighted by molar-refractivity contribution is -0.384. The van der Waals surface area contributed by atoms with Gasteiger partial charge in [0.25, 0.3) is 5.69 Å². The summed E-state index contributed by atoms with van der Waals surface area (Å²) >= 11 is 0. The molecule has 0 aliphatic rings. The molecule has 0 spiro atoms. The molecule has 6 nitrogen and oxygen atoms in total. The van der Waals surface area contributed by atoms with Gasteiger partial charge in [-0.15, -0.1) is 0 Å². The number of nitro benzene ring substituents is 1. The largest absolute Gasteiger partial charge is 0.360 e. The van der Waals surface area contributed by atoms with E-state index in [0.717, 1.165) is 30.0 Å². The Morgan fingerprint density at radius 3 is 2.68 bits per heavy atom. The first-order chi connectivity index (χ1) is 9.15. The van der Waals surface area contributed by atoms with Gasteiger partial charge in [0.1, 0.15) is 0 Å². The number of aryl methyl sites for hydroxylation is 1. The van der Waals surface area contributed by atoms with Crippen molar-refractivity contribution < 1.29 is 9.45 Å². The van der Waals surface area contributed by atoms with Gasteiger partial charge in [-0.3, -0.25) is 10.1 Å². The summed E-state index contributed by atoms with van der Waals surface area (Å²) in [6.07, 6.45) is 0.811. The van der Waals surface area contributed by atoms with Gasteiger partial charge < -0.3 is 9.84 Å². The van der Waals surface area contributed by atoms with Crippen LogP contribution in [0.5, 0.6) is 0 Å². The van der Waals surface area contributed by atoms with Crippen LogP contribution in [0, 0.1) is 17.0 Å². The molecular formula is C13H15N3O3. The number of aromatic nitrogens is 1. The average Bonchev–Trinajstić information content (AvgIpc) is 2.81. The minimum Gasteiger partial charge on any atom is -0.360 e. The minimum atomic E-state index is -0.395. The smallest absolute Gasteiger partial charge is 0.269 e. The molecule has 0 unspecified atom stereocenters. The molecule has 0 aliphatic heterocycles. The molecule has 0 saturated heterocycles. The van der Waals surface area contributed by atoms with Gasteiger partial charge in [-0.05, 0) is 25.5 Å². The maximum absolute atomic E-state index is 10.5. The fourth-order valence-corrected chi connectivity index (χ4v) is 1.73. The molecule has 100 valence electrons. The van der Waals surface area contributed by atoms with Crippen molar-refractivity contribution in [2.45, 2.75) is 19.9 Å². The van der Waals surface area contributed by atoms with Crippen LogP contribution in [-0.4, -0.2) is 16.6 Å². The Labute approximate surface area is 110 Å². The Kier molecular flexibility index (Phi) is 4.25. The summed E-state index contributed by atoms with van der Waals surface area (Å²) in [6, 6.07) is 8.49. The normalized spacial score (nSPS) is 10.6. The first-order valence-electron chi connectivity index (χ1n) is 6.01. The molecule has 19 heavy (non-hydrogen) atoms. The van der Waals surface area contributed by atoms with E-state index in [4.69, 9.17) is 4.52 Å². The zero-order chi connectivity index (χ0) is 13.7. The SMILES string of the molecule is Cc1cc(CNCCc2ccc([N+](=O)[O-])cc2)on1. The first kappa shape index (κ1) is 13.2. The second-order valence-corrected chi connectivity index (χ2v) is 4.28. The van der Waals surface area contributed by atoms with Crippen molar-refractivity contribution in [2.75, 3.05) is 6.54 Å². The van der Waals surface area contributed by atoms with E-state index in [-0.39, 0.29) is 5.69 Å². The van der Waals surface area contributed by atoms with Crippen LogP contribution in [0.15, 0.2) is 34.9 Å². The lowest BCUT2D eigenvalue weighted by atomic mass is 10.1. The van der Waals surface area contributed by atoms with Gasteiger partial charge in [0.05, 0.1) is 17.2 Å². The molecule has 1 N–H and O–H groups in total. The number of benzene rings is 1. The Bertz CT molecular complexity index is 549. The first-order valence-corrected chi connectivity index (χ1v) is 6.01. The maximum atomic E-state index is 10.5. The van der Waals surface area contributed by atoms with Crippen LogP contribution in [0.25, 0.3) is 0 Å². The van der Waals surface area contributed by atoms with Crippen LogP contribution in [0.3, 0.4) is 0 Å². The Morgan fingerprint density at radius 1 is 1.37 bits per heavy atom. The second kappa shape index (κ2) is 6.10. The quantitative estimate of drug-likeness (QED) is 0.490. The topological polar surface area (TPSA) is 81.2 Å². The lowest BCUT2D eigenvalue weighted by Gasteiger charge is -2.02. The third kappa shape index (κ3) is 3.89.